The van der Waals surface area contributed by atoms with Gasteiger partial charge in [-0.05, 0) is 36.2 Å². The Morgan fingerprint density at radius 2 is 1.50 bits per heavy atom. The number of carbonyl (C=O) groups excluding carboxylic acids is 1. The molecule has 1 aromatic heterocycles. The van der Waals surface area contributed by atoms with E-state index in [0.29, 0.717) is 6.42 Å². The number of aromatic nitrogens is 1. The highest BCUT2D eigenvalue weighted by Crippen LogP contribution is 2.17. The second kappa shape index (κ2) is 19.8. The summed E-state index contributed by atoms with van der Waals surface area (Å²) in [6.45, 7) is 3.85. The number of anilines is 1. The summed E-state index contributed by atoms with van der Waals surface area (Å²) >= 11 is 1.68. The average molecular weight is 602 g/mol. The molecule has 0 atom stereocenters. The van der Waals surface area contributed by atoms with Crippen molar-refractivity contribution in [3.63, 3.8) is 0 Å². The molecule has 0 fully saturated rings. The summed E-state index contributed by atoms with van der Waals surface area (Å²) < 4.78 is 8.11. The molecular weight excluding hydrogens is 556 g/mol. The molecule has 1 amide bonds. The van der Waals surface area contributed by atoms with E-state index in [2.05, 4.69) is 46.0 Å². The third kappa shape index (κ3) is 13.6. The zero-order valence-electron chi connectivity index (χ0n) is 23.0. The van der Waals surface area contributed by atoms with Gasteiger partial charge in [-0.1, -0.05) is 113 Å². The molecule has 0 saturated heterocycles. The summed E-state index contributed by atoms with van der Waals surface area (Å²) in [5.41, 5.74) is 5.09. The second-order valence-electron chi connectivity index (χ2n) is 10.0. The topological polar surface area (TPSA) is 42.2 Å². The lowest BCUT2D eigenvalue weighted by atomic mass is 10.1. The number of ether oxygens (including phenoxy) is 1. The van der Waals surface area contributed by atoms with E-state index in [9.17, 15) is 4.79 Å². The molecule has 3 rings (SSSR count). The van der Waals surface area contributed by atoms with Crippen LogP contribution < -0.4 is 31.6 Å². The maximum Gasteiger partial charge on any atom is 0.228 e. The zero-order chi connectivity index (χ0) is 26.0. The van der Waals surface area contributed by atoms with E-state index in [4.69, 9.17) is 4.74 Å². The summed E-state index contributed by atoms with van der Waals surface area (Å²) in [6.07, 6.45) is 18.5. The van der Waals surface area contributed by atoms with E-state index >= 15 is 0 Å². The van der Waals surface area contributed by atoms with Gasteiger partial charge in [0.15, 0.2) is 12.7 Å². The smallest absolute Gasteiger partial charge is 0.228 e. The molecule has 0 aliphatic heterocycles. The third-order valence-electron chi connectivity index (χ3n) is 6.66. The van der Waals surface area contributed by atoms with E-state index in [1.165, 1.54) is 76.2 Å². The minimum atomic E-state index is -0.0157. The zero-order valence-corrected chi connectivity index (χ0v) is 25.4. The number of nitrogens with one attached hydrogen (secondary N) is 1. The molecular formula is C32H45BrN2O2S. The Kier molecular flexibility index (Phi) is 16.7. The van der Waals surface area contributed by atoms with E-state index in [0.717, 1.165) is 36.6 Å². The van der Waals surface area contributed by atoms with Gasteiger partial charge in [-0.25, -0.2) is 0 Å². The van der Waals surface area contributed by atoms with Crippen LogP contribution in [-0.2, 0) is 17.8 Å². The Morgan fingerprint density at radius 3 is 2.13 bits per heavy atom. The van der Waals surface area contributed by atoms with E-state index in [1.54, 1.807) is 11.3 Å². The normalized spacial score (nSPS) is 10.7. The Bertz CT molecular complexity index is 1010. The quantitative estimate of drug-likeness (QED) is 0.149. The lowest BCUT2D eigenvalue weighted by molar-refractivity contribution is -0.683. The second-order valence-corrected chi connectivity index (χ2v) is 10.8. The SMILES string of the molecule is CCCCCCCCCCCCCCOc1cccc(CC(=O)Nc2ccc(C[n+]3ccsc3)cc2)c1.[Br-]. The van der Waals surface area contributed by atoms with Crippen molar-refractivity contribution in [1.29, 1.82) is 0 Å². The molecule has 4 nitrogen and oxygen atoms in total. The molecule has 0 aliphatic carbocycles. The van der Waals surface area contributed by atoms with Crippen molar-refractivity contribution >= 4 is 22.9 Å². The van der Waals surface area contributed by atoms with Crippen molar-refractivity contribution in [2.75, 3.05) is 11.9 Å². The summed E-state index contributed by atoms with van der Waals surface area (Å²) in [5.74, 6) is 0.835. The number of rotatable bonds is 19. The fourth-order valence-electron chi connectivity index (χ4n) is 4.52. The van der Waals surface area contributed by atoms with Gasteiger partial charge in [0.1, 0.15) is 5.75 Å². The third-order valence-corrected chi connectivity index (χ3v) is 7.33. The van der Waals surface area contributed by atoms with Gasteiger partial charge in [0.25, 0.3) is 0 Å². The van der Waals surface area contributed by atoms with Crippen LogP contribution in [0.4, 0.5) is 5.69 Å². The van der Waals surface area contributed by atoms with Crippen LogP contribution in [0.2, 0.25) is 0 Å². The molecule has 0 unspecified atom stereocenters. The first-order chi connectivity index (χ1) is 18.2. The van der Waals surface area contributed by atoms with Crippen LogP contribution in [0.5, 0.6) is 5.75 Å². The fraction of sp³-hybridized carbons (Fsp3) is 0.500. The number of hydrogen-bond donors (Lipinski definition) is 1. The molecule has 0 radical (unpaired) electrons. The number of amides is 1. The largest absolute Gasteiger partial charge is 1.00 e. The lowest BCUT2D eigenvalue weighted by Crippen LogP contribution is -3.00. The van der Waals surface area contributed by atoms with Crippen LogP contribution in [0.25, 0.3) is 0 Å². The van der Waals surface area contributed by atoms with E-state index < -0.39 is 0 Å². The number of hydrogen-bond acceptors (Lipinski definition) is 3. The highest BCUT2D eigenvalue weighted by molar-refractivity contribution is 7.07. The molecule has 2 aromatic carbocycles. The van der Waals surface area contributed by atoms with Crippen LogP contribution in [-0.4, -0.2) is 12.5 Å². The molecule has 3 aromatic rings. The summed E-state index contributed by atoms with van der Waals surface area (Å²) in [5, 5.41) is 5.07. The Hall–Kier alpha value is -2.18. The standard InChI is InChI=1S/C32H44N2O2S.BrH/c1-2-3-4-5-6-7-8-9-10-11-12-13-22-36-31-16-14-15-29(24-31)25-32(35)33-30-19-17-28(18-20-30)26-34-21-23-37-27-34;/h14-21,23-24,27H,2-13,22,25-26H2,1H3;1H. The van der Waals surface area contributed by atoms with Gasteiger partial charge in [0.05, 0.1) is 18.4 Å². The summed E-state index contributed by atoms with van der Waals surface area (Å²) in [4.78, 5) is 12.6. The molecule has 0 saturated carbocycles. The van der Waals surface area contributed by atoms with Gasteiger partial charge in [-0.2, -0.15) is 4.57 Å². The van der Waals surface area contributed by atoms with E-state index in [1.807, 2.05) is 36.4 Å². The van der Waals surface area contributed by atoms with Crippen LogP contribution in [0.3, 0.4) is 0 Å². The Labute approximate surface area is 244 Å². The van der Waals surface area contributed by atoms with Crippen LogP contribution in [0.15, 0.2) is 65.6 Å². The Morgan fingerprint density at radius 1 is 0.842 bits per heavy atom. The maximum atomic E-state index is 12.6. The highest BCUT2D eigenvalue weighted by atomic mass is 79.9. The number of carbonyl (C=O) groups is 1. The van der Waals surface area contributed by atoms with Crippen molar-refractivity contribution in [3.8, 4) is 5.75 Å². The molecule has 38 heavy (non-hydrogen) atoms. The van der Waals surface area contributed by atoms with Crippen molar-refractivity contribution in [1.82, 2.24) is 0 Å². The molecule has 6 heteroatoms. The predicted octanol–water partition coefficient (Wildman–Crippen LogP) is 5.35. The molecule has 0 spiro atoms. The van der Waals surface area contributed by atoms with Gasteiger partial charge < -0.3 is 27.0 Å². The maximum absolute atomic E-state index is 12.6. The highest BCUT2D eigenvalue weighted by Gasteiger charge is 2.07. The minimum Gasteiger partial charge on any atom is -1.00 e. The molecule has 1 heterocycles. The number of nitrogens with zero attached hydrogens (tertiary/aromatic N) is 1. The van der Waals surface area contributed by atoms with Crippen molar-refractivity contribution in [2.45, 2.75) is 96.9 Å². The number of benzene rings is 2. The number of thiazole rings is 1. The average Bonchev–Trinajstić information content (AvgIpc) is 3.41. The first kappa shape index (κ1) is 32.0. The Balaban J connectivity index is 0.00000507. The van der Waals surface area contributed by atoms with Crippen molar-refractivity contribution in [3.05, 3.63) is 76.7 Å². The fourth-order valence-corrected chi connectivity index (χ4v) is 5.12. The molecule has 208 valence electrons. The van der Waals surface area contributed by atoms with Crippen LogP contribution in [0, 0.1) is 0 Å². The van der Waals surface area contributed by atoms with Crippen molar-refractivity contribution in [2.24, 2.45) is 0 Å². The minimum absolute atomic E-state index is 0. The van der Waals surface area contributed by atoms with Gasteiger partial charge in [0, 0.05) is 11.3 Å². The van der Waals surface area contributed by atoms with Gasteiger partial charge in [-0.3, -0.25) is 4.79 Å². The van der Waals surface area contributed by atoms with Crippen LogP contribution in [0.1, 0.15) is 95.1 Å². The first-order valence-corrected chi connectivity index (χ1v) is 15.2. The first-order valence-electron chi connectivity index (χ1n) is 14.2. The number of halogens is 1. The summed E-state index contributed by atoms with van der Waals surface area (Å²) in [7, 11) is 0. The molecule has 0 aliphatic rings. The van der Waals surface area contributed by atoms with Gasteiger partial charge in [0.2, 0.25) is 11.4 Å². The van der Waals surface area contributed by atoms with Crippen LogP contribution >= 0.6 is 11.3 Å². The predicted molar refractivity (Wildman–Crippen MR) is 155 cm³/mol. The van der Waals surface area contributed by atoms with Gasteiger partial charge in [-0.15, -0.1) is 0 Å². The lowest BCUT2D eigenvalue weighted by Gasteiger charge is -2.09. The molecule has 0 bridgehead atoms. The van der Waals surface area contributed by atoms with Crippen molar-refractivity contribution < 1.29 is 31.1 Å². The number of unbranched alkanes of at least 4 members (excludes halogenated alkanes) is 11. The molecule has 1 N–H and O–H groups in total. The monoisotopic (exact) mass is 600 g/mol. The van der Waals surface area contributed by atoms with Gasteiger partial charge >= 0.3 is 0 Å². The summed E-state index contributed by atoms with van der Waals surface area (Å²) in [6, 6.07) is 16.0. The van der Waals surface area contributed by atoms with E-state index in [-0.39, 0.29) is 22.9 Å².